The van der Waals surface area contributed by atoms with Crippen molar-refractivity contribution in [1.82, 2.24) is 0 Å². The van der Waals surface area contributed by atoms with Crippen molar-refractivity contribution in [3.63, 3.8) is 0 Å². The highest BCUT2D eigenvalue weighted by atomic mass is 16.3. The van der Waals surface area contributed by atoms with E-state index in [0.717, 1.165) is 24.9 Å². The summed E-state index contributed by atoms with van der Waals surface area (Å²) in [7, 11) is 0. The zero-order chi connectivity index (χ0) is 13.2. The molecule has 0 aliphatic carbocycles. The van der Waals surface area contributed by atoms with Crippen LogP contribution >= 0.6 is 0 Å². The first-order valence-corrected chi connectivity index (χ1v) is 6.93. The lowest BCUT2D eigenvalue weighted by atomic mass is 10.1. The minimum atomic E-state index is -0.347. The molecule has 0 aromatic heterocycles. The van der Waals surface area contributed by atoms with E-state index in [4.69, 9.17) is 0 Å². The maximum Gasteiger partial charge on any atom is 0.0787 e. The zero-order valence-corrected chi connectivity index (χ0v) is 11.2. The van der Waals surface area contributed by atoms with Crippen LogP contribution in [0.25, 0.3) is 0 Å². The van der Waals surface area contributed by atoms with Crippen molar-refractivity contribution < 1.29 is 5.11 Å². The van der Waals surface area contributed by atoms with Crippen molar-refractivity contribution in [2.24, 2.45) is 0 Å². The predicted octanol–water partition coefficient (Wildman–Crippen LogP) is 3.82. The lowest BCUT2D eigenvalue weighted by Crippen LogP contribution is -2.13. The van der Waals surface area contributed by atoms with Gasteiger partial charge in [0.2, 0.25) is 0 Å². The molecule has 1 aliphatic heterocycles. The molecule has 2 aromatic rings. The summed E-state index contributed by atoms with van der Waals surface area (Å²) in [6.07, 6.45) is 1.52. The van der Waals surface area contributed by atoms with Crippen LogP contribution in [0.3, 0.4) is 0 Å². The van der Waals surface area contributed by atoms with Crippen molar-refractivity contribution in [3.05, 3.63) is 59.7 Å². The second kappa shape index (κ2) is 5.06. The summed E-state index contributed by atoms with van der Waals surface area (Å²) in [6, 6.07) is 16.8. The van der Waals surface area contributed by atoms with Gasteiger partial charge in [-0.3, -0.25) is 0 Å². The van der Waals surface area contributed by atoms with Gasteiger partial charge in [0.25, 0.3) is 0 Å². The first-order chi connectivity index (χ1) is 9.29. The van der Waals surface area contributed by atoms with Gasteiger partial charge in [-0.05, 0) is 42.2 Å². The summed E-state index contributed by atoms with van der Waals surface area (Å²) in [6.45, 7) is 3.03. The molecule has 0 saturated carbocycles. The Hall–Kier alpha value is -1.80. The maximum atomic E-state index is 9.83. The fraction of sp³-hybridized carbons (Fsp3) is 0.294. The topological polar surface area (TPSA) is 23.5 Å². The first kappa shape index (κ1) is 12.2. The molecule has 0 radical (unpaired) electrons. The van der Waals surface area contributed by atoms with Crippen LogP contribution in [0.2, 0.25) is 0 Å². The van der Waals surface area contributed by atoms with Gasteiger partial charge in [-0.15, -0.1) is 0 Å². The van der Waals surface area contributed by atoms with Gasteiger partial charge < -0.3 is 10.0 Å². The SMILES string of the molecule is CC[C@@H](O)c1ccc(N2CCc3ccccc32)cc1. The number of nitrogens with zero attached hydrogens (tertiary/aromatic N) is 1. The second-order valence-corrected chi connectivity index (χ2v) is 5.05. The van der Waals surface area contributed by atoms with Crippen LogP contribution in [0.1, 0.15) is 30.6 Å². The molecule has 0 unspecified atom stereocenters. The molecule has 1 atom stereocenters. The van der Waals surface area contributed by atoms with E-state index in [9.17, 15) is 5.11 Å². The largest absolute Gasteiger partial charge is 0.388 e. The van der Waals surface area contributed by atoms with Crippen LogP contribution in [0.5, 0.6) is 0 Å². The van der Waals surface area contributed by atoms with Crippen LogP contribution in [-0.2, 0) is 6.42 Å². The third-order valence-corrected chi connectivity index (χ3v) is 3.86. The molecule has 2 nitrogen and oxygen atoms in total. The second-order valence-electron chi connectivity index (χ2n) is 5.05. The Balaban J connectivity index is 1.88. The lowest BCUT2D eigenvalue weighted by Gasteiger charge is -2.20. The zero-order valence-electron chi connectivity index (χ0n) is 11.2. The van der Waals surface area contributed by atoms with Gasteiger partial charge in [-0.2, -0.15) is 0 Å². The average Bonchev–Trinajstić information content (AvgIpc) is 2.90. The van der Waals surface area contributed by atoms with Gasteiger partial charge >= 0.3 is 0 Å². The van der Waals surface area contributed by atoms with E-state index in [1.54, 1.807) is 0 Å². The molecular formula is C17H19NO. The van der Waals surface area contributed by atoms with Crippen LogP contribution in [0.15, 0.2) is 48.5 Å². The van der Waals surface area contributed by atoms with Crippen molar-refractivity contribution >= 4 is 11.4 Å². The van der Waals surface area contributed by atoms with E-state index in [1.807, 2.05) is 19.1 Å². The predicted molar refractivity (Wildman–Crippen MR) is 78.8 cm³/mol. The standard InChI is InChI=1S/C17H19NO/c1-2-17(19)14-7-9-15(10-8-14)18-12-11-13-5-3-4-6-16(13)18/h3-10,17,19H,2,11-12H2,1H3/t17-/m1/s1. The Morgan fingerprint density at radius 1 is 1.11 bits per heavy atom. The number of anilines is 2. The number of aliphatic hydroxyl groups excluding tert-OH is 1. The maximum absolute atomic E-state index is 9.83. The molecule has 0 amide bonds. The van der Waals surface area contributed by atoms with Gasteiger partial charge in [0.05, 0.1) is 6.10 Å². The van der Waals surface area contributed by atoms with Crippen LogP contribution in [0.4, 0.5) is 11.4 Å². The summed E-state index contributed by atoms with van der Waals surface area (Å²) in [4.78, 5) is 2.34. The molecule has 2 heteroatoms. The lowest BCUT2D eigenvalue weighted by molar-refractivity contribution is 0.173. The molecule has 0 bridgehead atoms. The van der Waals surface area contributed by atoms with Gasteiger partial charge in [-0.25, -0.2) is 0 Å². The summed E-state index contributed by atoms with van der Waals surface area (Å²) >= 11 is 0. The van der Waals surface area contributed by atoms with Crippen molar-refractivity contribution in [2.75, 3.05) is 11.4 Å². The quantitative estimate of drug-likeness (QED) is 0.898. The molecule has 1 N–H and O–H groups in total. The van der Waals surface area contributed by atoms with Crippen LogP contribution in [0, 0.1) is 0 Å². The highest BCUT2D eigenvalue weighted by molar-refractivity contribution is 5.69. The van der Waals surface area contributed by atoms with Gasteiger partial charge in [-0.1, -0.05) is 37.3 Å². The third kappa shape index (κ3) is 2.24. The molecule has 0 fully saturated rings. The average molecular weight is 253 g/mol. The molecule has 0 saturated heterocycles. The molecule has 2 aromatic carbocycles. The number of rotatable bonds is 3. The Morgan fingerprint density at radius 3 is 2.58 bits per heavy atom. The van der Waals surface area contributed by atoms with Crippen molar-refractivity contribution in [2.45, 2.75) is 25.9 Å². The highest BCUT2D eigenvalue weighted by Crippen LogP contribution is 2.34. The summed E-state index contributed by atoms with van der Waals surface area (Å²) in [5, 5.41) is 9.83. The normalized spacial score (nSPS) is 15.4. The number of para-hydroxylation sites is 1. The number of fused-ring (bicyclic) bond motifs is 1. The minimum Gasteiger partial charge on any atom is -0.388 e. The smallest absolute Gasteiger partial charge is 0.0787 e. The minimum absolute atomic E-state index is 0.347. The molecule has 98 valence electrons. The number of benzene rings is 2. The van der Waals surface area contributed by atoms with E-state index in [0.29, 0.717) is 0 Å². The summed E-state index contributed by atoms with van der Waals surface area (Å²) in [5.41, 5.74) is 4.93. The van der Waals surface area contributed by atoms with E-state index in [-0.39, 0.29) is 6.10 Å². The number of hydrogen-bond donors (Lipinski definition) is 1. The van der Waals surface area contributed by atoms with E-state index in [2.05, 4.69) is 41.3 Å². The molecule has 1 heterocycles. The Kier molecular flexibility index (Phi) is 3.26. The van der Waals surface area contributed by atoms with Gasteiger partial charge in [0.1, 0.15) is 0 Å². The first-order valence-electron chi connectivity index (χ1n) is 6.93. The summed E-state index contributed by atoms with van der Waals surface area (Å²) in [5.74, 6) is 0. The fourth-order valence-corrected chi connectivity index (χ4v) is 2.72. The Bertz CT molecular complexity index is 562. The van der Waals surface area contributed by atoms with Crippen molar-refractivity contribution in [3.8, 4) is 0 Å². The fourth-order valence-electron chi connectivity index (χ4n) is 2.72. The van der Waals surface area contributed by atoms with Crippen molar-refractivity contribution in [1.29, 1.82) is 0 Å². The number of aliphatic hydroxyl groups is 1. The molecule has 0 spiro atoms. The Morgan fingerprint density at radius 2 is 1.84 bits per heavy atom. The summed E-state index contributed by atoms with van der Waals surface area (Å²) < 4.78 is 0. The third-order valence-electron chi connectivity index (χ3n) is 3.86. The van der Waals surface area contributed by atoms with E-state index >= 15 is 0 Å². The molecule has 1 aliphatic rings. The highest BCUT2D eigenvalue weighted by Gasteiger charge is 2.19. The van der Waals surface area contributed by atoms with Crippen LogP contribution < -0.4 is 4.90 Å². The monoisotopic (exact) mass is 253 g/mol. The molecular weight excluding hydrogens is 234 g/mol. The van der Waals surface area contributed by atoms with E-state index in [1.165, 1.54) is 16.9 Å². The Labute approximate surface area is 114 Å². The number of hydrogen-bond acceptors (Lipinski definition) is 2. The van der Waals surface area contributed by atoms with Gasteiger partial charge in [0.15, 0.2) is 0 Å². The van der Waals surface area contributed by atoms with Gasteiger partial charge in [0, 0.05) is 17.9 Å². The molecule has 3 rings (SSSR count). The van der Waals surface area contributed by atoms with Crippen LogP contribution in [-0.4, -0.2) is 11.7 Å². The van der Waals surface area contributed by atoms with E-state index < -0.39 is 0 Å². The molecule has 19 heavy (non-hydrogen) atoms.